The lowest BCUT2D eigenvalue weighted by atomic mass is 10.4. The minimum absolute atomic E-state index is 0.165. The van der Waals surface area contributed by atoms with Gasteiger partial charge in [0.2, 0.25) is 0 Å². The fourth-order valence-electron chi connectivity index (χ4n) is 1.15. The van der Waals surface area contributed by atoms with Gasteiger partial charge in [-0.1, -0.05) is 15.9 Å². The quantitative estimate of drug-likeness (QED) is 0.687. The van der Waals surface area contributed by atoms with Crippen LogP contribution in [0.15, 0.2) is 0 Å². The summed E-state index contributed by atoms with van der Waals surface area (Å²) in [5, 5.41) is 9.66. The van der Waals surface area contributed by atoms with Crippen LogP contribution in [0.1, 0.15) is 0 Å². The van der Waals surface area contributed by atoms with Gasteiger partial charge in [-0.05, 0) is 0 Å². The minimum Gasteiger partial charge on any atom is -0.391 e. The molecule has 5 nitrogen and oxygen atoms in total. The van der Waals surface area contributed by atoms with Gasteiger partial charge in [0.25, 0.3) is 10.2 Å². The maximum atomic E-state index is 11.5. The molecule has 1 atom stereocenters. The van der Waals surface area contributed by atoms with Crippen LogP contribution in [0, 0.1) is 0 Å². The number of β-amino-alcohol motifs (C(OH)–C–C–N with tert-alkyl or cyclic N) is 1. The summed E-state index contributed by atoms with van der Waals surface area (Å²) >= 11 is 3.09. The zero-order valence-corrected chi connectivity index (χ0v) is 9.75. The van der Waals surface area contributed by atoms with E-state index in [1.54, 1.807) is 0 Å². The summed E-state index contributed by atoms with van der Waals surface area (Å²) in [7, 11) is -1.75. The van der Waals surface area contributed by atoms with Crippen molar-refractivity contribution in [1.29, 1.82) is 0 Å². The second-order valence-corrected chi connectivity index (χ2v) is 5.68. The minimum atomic E-state index is -3.29. The first-order valence-corrected chi connectivity index (χ1v) is 6.45. The van der Waals surface area contributed by atoms with Crippen molar-refractivity contribution in [3.8, 4) is 0 Å². The second kappa shape index (κ2) is 4.22. The molecule has 0 bridgehead atoms. The van der Waals surface area contributed by atoms with Gasteiger partial charge < -0.3 is 5.11 Å². The van der Waals surface area contributed by atoms with Gasteiger partial charge in [0.05, 0.1) is 6.10 Å². The molecule has 7 heteroatoms. The maximum Gasteiger partial charge on any atom is 0.281 e. The molecule has 1 saturated heterocycles. The summed E-state index contributed by atoms with van der Waals surface area (Å²) in [4.78, 5) is 0. The molecule has 1 rings (SSSR count). The fraction of sp³-hybridized carbons (Fsp3) is 1.00. The van der Waals surface area contributed by atoms with Gasteiger partial charge in [-0.3, -0.25) is 0 Å². The third-order valence-electron chi connectivity index (χ3n) is 1.98. The average molecular weight is 273 g/mol. The Balaban J connectivity index is 2.63. The Bertz CT molecular complexity index is 269. The first-order valence-electron chi connectivity index (χ1n) is 3.94. The molecule has 0 amide bonds. The summed E-state index contributed by atoms with van der Waals surface area (Å²) in [6, 6.07) is 0. The summed E-state index contributed by atoms with van der Waals surface area (Å²) in [5.74, 6) is 0. The van der Waals surface area contributed by atoms with Gasteiger partial charge in [-0.25, -0.2) is 0 Å². The van der Waals surface area contributed by atoms with Gasteiger partial charge in [0.1, 0.15) is 0 Å². The Morgan fingerprint density at radius 2 is 2.15 bits per heavy atom. The van der Waals surface area contributed by atoms with Crippen molar-refractivity contribution in [3.05, 3.63) is 0 Å². The Morgan fingerprint density at radius 1 is 1.54 bits per heavy atom. The highest BCUT2D eigenvalue weighted by atomic mass is 79.9. The van der Waals surface area contributed by atoms with Gasteiger partial charge in [-0.15, -0.1) is 0 Å². The lowest BCUT2D eigenvalue weighted by Crippen LogP contribution is -2.37. The molecule has 0 radical (unpaired) electrons. The second-order valence-electron chi connectivity index (χ2n) is 3.00. The van der Waals surface area contributed by atoms with Crippen LogP contribution in [0.5, 0.6) is 0 Å². The molecule has 13 heavy (non-hydrogen) atoms. The van der Waals surface area contributed by atoms with Crippen molar-refractivity contribution >= 4 is 26.1 Å². The van der Waals surface area contributed by atoms with Crippen molar-refractivity contribution in [1.82, 2.24) is 8.61 Å². The first kappa shape index (κ1) is 11.4. The monoisotopic (exact) mass is 272 g/mol. The molecule has 0 saturated carbocycles. The zero-order chi connectivity index (χ0) is 10.1. The highest BCUT2D eigenvalue weighted by molar-refractivity contribution is 9.09. The van der Waals surface area contributed by atoms with E-state index in [1.165, 1.54) is 15.7 Å². The van der Waals surface area contributed by atoms with Crippen molar-refractivity contribution in [2.24, 2.45) is 0 Å². The molecule has 0 spiro atoms. The molecule has 1 unspecified atom stereocenters. The van der Waals surface area contributed by atoms with Crippen molar-refractivity contribution in [2.75, 3.05) is 32.0 Å². The van der Waals surface area contributed by atoms with Crippen LogP contribution < -0.4 is 0 Å². The third-order valence-corrected chi connectivity index (χ3v) is 4.68. The molecule has 1 aliphatic rings. The van der Waals surface area contributed by atoms with Crippen LogP contribution in [-0.4, -0.2) is 60.3 Å². The molecule has 1 N–H and O–H groups in total. The largest absolute Gasteiger partial charge is 0.391 e. The van der Waals surface area contributed by atoms with Crippen molar-refractivity contribution < 1.29 is 13.5 Å². The number of nitrogens with zero attached hydrogens (tertiary/aromatic N) is 2. The Hall–Kier alpha value is 0.310. The maximum absolute atomic E-state index is 11.5. The van der Waals surface area contributed by atoms with E-state index in [9.17, 15) is 13.5 Å². The fourth-order valence-corrected chi connectivity index (χ4v) is 2.73. The van der Waals surface area contributed by atoms with E-state index in [-0.39, 0.29) is 6.54 Å². The highest BCUT2D eigenvalue weighted by Gasteiger charge is 2.34. The number of aliphatic hydroxyl groups is 1. The average Bonchev–Trinajstić information content (AvgIpc) is 2.31. The predicted octanol–water partition coefficient (Wildman–Crippen LogP) is -0.766. The van der Waals surface area contributed by atoms with E-state index in [2.05, 4.69) is 15.9 Å². The van der Waals surface area contributed by atoms with E-state index in [0.29, 0.717) is 18.4 Å². The molecule has 1 fully saturated rings. The number of halogens is 1. The smallest absolute Gasteiger partial charge is 0.281 e. The van der Waals surface area contributed by atoms with Gasteiger partial charge in [0.15, 0.2) is 0 Å². The number of alkyl halides is 1. The molecular formula is C6H13BrN2O3S. The summed E-state index contributed by atoms with van der Waals surface area (Å²) < 4.78 is 25.5. The van der Waals surface area contributed by atoms with Crippen LogP contribution in [0.25, 0.3) is 0 Å². The molecule has 0 aliphatic carbocycles. The molecule has 1 aliphatic heterocycles. The van der Waals surface area contributed by atoms with Crippen LogP contribution >= 0.6 is 15.9 Å². The van der Waals surface area contributed by atoms with Gasteiger partial charge >= 0.3 is 0 Å². The number of hydrogen-bond donors (Lipinski definition) is 1. The topological polar surface area (TPSA) is 60.9 Å². The van der Waals surface area contributed by atoms with E-state index in [4.69, 9.17) is 0 Å². The van der Waals surface area contributed by atoms with E-state index in [0.717, 1.165) is 0 Å². The molecule has 0 aromatic rings. The summed E-state index contributed by atoms with van der Waals surface area (Å²) in [5.41, 5.74) is 0. The van der Waals surface area contributed by atoms with E-state index < -0.39 is 16.3 Å². The van der Waals surface area contributed by atoms with Crippen molar-refractivity contribution in [3.63, 3.8) is 0 Å². The molecule has 0 aromatic carbocycles. The Morgan fingerprint density at radius 3 is 2.54 bits per heavy atom. The standard InChI is InChI=1S/C6H13BrN2O3S/c1-8-2-3-9(13(8,11)12)5-6(10)4-7/h6,10H,2-5H2,1H3. The van der Waals surface area contributed by atoms with E-state index in [1.807, 2.05) is 0 Å². The van der Waals surface area contributed by atoms with Crippen LogP contribution in [0.4, 0.5) is 0 Å². The van der Waals surface area contributed by atoms with Crippen LogP contribution in [0.2, 0.25) is 0 Å². The molecule has 0 aromatic heterocycles. The molecular weight excluding hydrogens is 260 g/mol. The third kappa shape index (κ3) is 2.41. The normalized spacial score (nSPS) is 26.4. The number of likely N-dealkylation sites (N-methyl/N-ethyl adjacent to an activating group) is 1. The van der Waals surface area contributed by atoms with Crippen LogP contribution in [-0.2, 0) is 10.2 Å². The lowest BCUT2D eigenvalue weighted by Gasteiger charge is -2.17. The predicted molar refractivity (Wildman–Crippen MR) is 52.9 cm³/mol. The SMILES string of the molecule is CN1CCN(CC(O)CBr)S1(=O)=O. The lowest BCUT2D eigenvalue weighted by molar-refractivity contribution is 0.172. The Labute approximate surface area is 86.6 Å². The summed E-state index contributed by atoms with van der Waals surface area (Å²) in [6.07, 6.45) is -0.638. The first-order chi connectivity index (χ1) is 5.98. The summed E-state index contributed by atoms with van der Waals surface area (Å²) in [6.45, 7) is 1.12. The molecule has 78 valence electrons. The Kier molecular flexibility index (Phi) is 3.70. The van der Waals surface area contributed by atoms with E-state index >= 15 is 0 Å². The number of hydrogen-bond acceptors (Lipinski definition) is 3. The highest BCUT2D eigenvalue weighted by Crippen LogP contribution is 2.14. The van der Waals surface area contributed by atoms with Crippen LogP contribution in [0.3, 0.4) is 0 Å². The van der Waals surface area contributed by atoms with Crippen molar-refractivity contribution in [2.45, 2.75) is 6.10 Å². The molecule has 1 heterocycles. The van der Waals surface area contributed by atoms with Gasteiger partial charge in [0, 0.05) is 32.0 Å². The zero-order valence-electron chi connectivity index (χ0n) is 7.35. The van der Waals surface area contributed by atoms with Gasteiger partial charge in [-0.2, -0.15) is 17.0 Å². The number of rotatable bonds is 3. The number of aliphatic hydroxyl groups excluding tert-OH is 1.